The average molecular weight is 472 g/mol. The van der Waals surface area contributed by atoms with E-state index in [1.807, 2.05) is 54.6 Å². The predicted molar refractivity (Wildman–Crippen MR) is 130 cm³/mol. The van der Waals surface area contributed by atoms with Crippen molar-refractivity contribution in [3.63, 3.8) is 0 Å². The van der Waals surface area contributed by atoms with Crippen LogP contribution < -0.4 is 16.0 Å². The lowest BCUT2D eigenvalue weighted by atomic mass is 10.2. The zero-order valence-electron chi connectivity index (χ0n) is 16.1. The first-order valence-electron chi connectivity index (χ1n) is 9.09. The average Bonchev–Trinajstić information content (AvgIpc) is 2.74. The van der Waals surface area contributed by atoms with Gasteiger partial charge in [-0.3, -0.25) is 4.79 Å². The zero-order valence-corrected chi connectivity index (χ0v) is 18.5. The number of thiocarbonyl (C=S) groups is 1. The molecule has 0 bridgehead atoms. The molecule has 6 nitrogen and oxygen atoms in total. The fourth-order valence-electron chi connectivity index (χ4n) is 2.57. The molecule has 0 atom stereocenters. The van der Waals surface area contributed by atoms with Gasteiger partial charge in [-0.2, -0.15) is 0 Å². The summed E-state index contributed by atoms with van der Waals surface area (Å²) in [5.41, 5.74) is 1.98. The van der Waals surface area contributed by atoms with Crippen LogP contribution in [0.1, 0.15) is 10.4 Å². The monoisotopic (exact) mass is 471 g/mol. The summed E-state index contributed by atoms with van der Waals surface area (Å²) in [5.74, 6) is -1.26. The number of hydrogen-bond acceptors (Lipinski definition) is 4. The number of rotatable bonds is 7. The second-order valence-electron chi connectivity index (χ2n) is 6.31. The fraction of sp³-hybridized carbons (Fsp3) is 0.0455. The molecule has 0 spiro atoms. The van der Waals surface area contributed by atoms with E-state index in [2.05, 4.69) is 16.0 Å². The number of carboxylic acids is 1. The molecule has 0 aliphatic rings. The molecule has 0 saturated carbocycles. The molecular formula is C22H18ClN3O3S2. The van der Waals surface area contributed by atoms with Gasteiger partial charge in [0.15, 0.2) is 5.11 Å². The first kappa shape index (κ1) is 22.6. The Hall–Kier alpha value is -3.07. The fourth-order valence-corrected chi connectivity index (χ4v) is 3.72. The minimum Gasteiger partial charge on any atom is -0.478 e. The summed E-state index contributed by atoms with van der Waals surface area (Å²) in [6, 6.07) is 21.2. The highest BCUT2D eigenvalue weighted by Gasteiger charge is 2.11. The van der Waals surface area contributed by atoms with Crippen molar-refractivity contribution >= 4 is 69.6 Å². The molecule has 31 heavy (non-hydrogen) atoms. The molecule has 0 heterocycles. The van der Waals surface area contributed by atoms with Gasteiger partial charge in [-0.1, -0.05) is 35.9 Å². The Morgan fingerprint density at radius 2 is 1.61 bits per heavy atom. The first-order chi connectivity index (χ1) is 14.9. The molecule has 4 N–H and O–H groups in total. The number of halogens is 1. The largest absolute Gasteiger partial charge is 0.478 e. The molecule has 0 unspecified atom stereocenters. The number of carbonyl (C=O) groups excluding carboxylic acids is 1. The lowest BCUT2D eigenvalue weighted by Gasteiger charge is -2.12. The molecule has 0 saturated heterocycles. The van der Waals surface area contributed by atoms with Crippen LogP contribution >= 0.6 is 35.6 Å². The highest BCUT2D eigenvalue weighted by Crippen LogP contribution is 2.25. The van der Waals surface area contributed by atoms with Crippen molar-refractivity contribution in [1.82, 2.24) is 0 Å². The van der Waals surface area contributed by atoms with Crippen LogP contribution in [0, 0.1) is 0 Å². The van der Waals surface area contributed by atoms with E-state index < -0.39 is 5.97 Å². The number of aromatic carboxylic acids is 1. The lowest BCUT2D eigenvalue weighted by Crippen LogP contribution is -2.19. The zero-order chi connectivity index (χ0) is 22.2. The van der Waals surface area contributed by atoms with Gasteiger partial charge in [0.2, 0.25) is 5.91 Å². The van der Waals surface area contributed by atoms with Crippen LogP contribution in [-0.4, -0.2) is 27.8 Å². The second kappa shape index (κ2) is 10.8. The van der Waals surface area contributed by atoms with Gasteiger partial charge >= 0.3 is 5.97 Å². The molecule has 158 valence electrons. The van der Waals surface area contributed by atoms with Crippen molar-refractivity contribution in [2.24, 2.45) is 0 Å². The van der Waals surface area contributed by atoms with Gasteiger partial charge in [-0.15, -0.1) is 11.8 Å². The van der Waals surface area contributed by atoms with Crippen molar-refractivity contribution in [2.45, 2.75) is 4.90 Å². The maximum absolute atomic E-state index is 12.3. The first-order valence-corrected chi connectivity index (χ1v) is 10.9. The van der Waals surface area contributed by atoms with E-state index in [1.54, 1.807) is 0 Å². The van der Waals surface area contributed by atoms with Crippen LogP contribution in [0.3, 0.4) is 0 Å². The molecular weight excluding hydrogens is 454 g/mol. The third kappa shape index (κ3) is 6.99. The van der Waals surface area contributed by atoms with Gasteiger partial charge in [0, 0.05) is 16.3 Å². The lowest BCUT2D eigenvalue weighted by molar-refractivity contribution is -0.113. The number of nitrogens with one attached hydrogen (secondary N) is 3. The number of carbonyl (C=O) groups is 2. The molecule has 1 amide bonds. The van der Waals surface area contributed by atoms with E-state index >= 15 is 0 Å². The summed E-state index contributed by atoms with van der Waals surface area (Å²) in [7, 11) is 0. The van der Waals surface area contributed by atoms with Gasteiger partial charge in [0.05, 0.1) is 22.0 Å². The highest BCUT2D eigenvalue weighted by atomic mass is 35.5. The minimum atomic E-state index is -1.09. The number of para-hydroxylation sites is 1. The number of amides is 1. The van der Waals surface area contributed by atoms with E-state index in [9.17, 15) is 9.59 Å². The van der Waals surface area contributed by atoms with Crippen molar-refractivity contribution < 1.29 is 14.7 Å². The molecule has 3 rings (SSSR count). The van der Waals surface area contributed by atoms with Gasteiger partial charge in [-0.25, -0.2) is 4.79 Å². The van der Waals surface area contributed by atoms with E-state index in [0.29, 0.717) is 5.11 Å². The van der Waals surface area contributed by atoms with Crippen LogP contribution in [0.5, 0.6) is 0 Å². The number of thioether (sulfide) groups is 1. The summed E-state index contributed by atoms with van der Waals surface area (Å²) in [5, 5.41) is 18.7. The van der Waals surface area contributed by atoms with Crippen LogP contribution in [0.25, 0.3) is 0 Å². The van der Waals surface area contributed by atoms with Crippen LogP contribution in [0.15, 0.2) is 77.7 Å². The quantitative estimate of drug-likeness (QED) is 0.264. The van der Waals surface area contributed by atoms with Gasteiger partial charge in [-0.05, 0) is 60.7 Å². The number of carboxylic acid groups (broad SMARTS) is 1. The Balaban J connectivity index is 1.55. The topological polar surface area (TPSA) is 90.5 Å². The maximum atomic E-state index is 12.3. The van der Waals surface area contributed by atoms with Crippen molar-refractivity contribution in [3.05, 3.63) is 83.4 Å². The molecule has 3 aromatic carbocycles. The summed E-state index contributed by atoms with van der Waals surface area (Å²) >= 11 is 12.7. The second-order valence-corrected chi connectivity index (χ2v) is 8.17. The molecule has 9 heteroatoms. The number of anilines is 3. The van der Waals surface area contributed by atoms with Crippen LogP contribution in [-0.2, 0) is 4.79 Å². The summed E-state index contributed by atoms with van der Waals surface area (Å²) in [6.07, 6.45) is 0. The van der Waals surface area contributed by atoms with E-state index in [0.717, 1.165) is 16.3 Å². The highest BCUT2D eigenvalue weighted by molar-refractivity contribution is 8.00. The Morgan fingerprint density at radius 1 is 0.903 bits per heavy atom. The Labute approximate surface area is 194 Å². The van der Waals surface area contributed by atoms with Gasteiger partial charge in [0.25, 0.3) is 0 Å². The van der Waals surface area contributed by atoms with Gasteiger partial charge in [0.1, 0.15) is 0 Å². The van der Waals surface area contributed by atoms with Crippen LogP contribution in [0.2, 0.25) is 5.02 Å². The normalized spacial score (nSPS) is 10.2. The molecule has 3 aromatic rings. The summed E-state index contributed by atoms with van der Waals surface area (Å²) < 4.78 is 0. The number of benzene rings is 3. The van der Waals surface area contributed by atoms with Crippen LogP contribution in [0.4, 0.5) is 17.1 Å². The van der Waals surface area contributed by atoms with Crippen molar-refractivity contribution in [3.8, 4) is 0 Å². The third-order valence-corrected chi connectivity index (χ3v) is 5.51. The van der Waals surface area contributed by atoms with Crippen molar-refractivity contribution in [2.75, 3.05) is 21.7 Å². The van der Waals surface area contributed by atoms with Gasteiger partial charge < -0.3 is 21.1 Å². The van der Waals surface area contributed by atoms with E-state index in [-0.39, 0.29) is 27.9 Å². The minimum absolute atomic E-state index is 0.0474. The maximum Gasteiger partial charge on any atom is 0.335 e. The Bertz CT molecular complexity index is 1110. The van der Waals surface area contributed by atoms with E-state index in [1.165, 1.54) is 30.0 Å². The summed E-state index contributed by atoms with van der Waals surface area (Å²) in [4.78, 5) is 24.3. The molecule has 0 radical (unpaired) electrons. The van der Waals surface area contributed by atoms with Crippen molar-refractivity contribution in [1.29, 1.82) is 0 Å². The van der Waals surface area contributed by atoms with E-state index in [4.69, 9.17) is 28.9 Å². The summed E-state index contributed by atoms with van der Waals surface area (Å²) in [6.45, 7) is 0. The number of hydrogen-bond donors (Lipinski definition) is 4. The predicted octanol–water partition coefficient (Wildman–Crippen LogP) is 5.58. The smallest absolute Gasteiger partial charge is 0.335 e. The molecule has 0 aliphatic carbocycles. The standard InChI is InChI=1S/C22H18ClN3O3S2/c23-18-10-9-14(21(28)29)11-19(18)26-20(27)13-31-17-8-4-7-16(12-17)25-22(30)24-15-5-2-1-3-6-15/h1-12H,13H2,(H,26,27)(H,28,29)(H2,24,25,30). The Morgan fingerprint density at radius 3 is 2.35 bits per heavy atom. The third-order valence-electron chi connectivity index (χ3n) is 3.98. The SMILES string of the molecule is O=C(CSc1cccc(NC(=S)Nc2ccccc2)c1)Nc1cc(C(=O)O)ccc1Cl. The molecule has 0 fully saturated rings. The molecule has 0 aliphatic heterocycles. The molecule has 0 aromatic heterocycles. The Kier molecular flexibility index (Phi) is 7.88.